The minimum absolute atomic E-state index is 0.0806. The number of nitrogens with zero attached hydrogens (tertiary/aromatic N) is 1. The van der Waals surface area contributed by atoms with E-state index in [4.69, 9.17) is 0 Å². The van der Waals surface area contributed by atoms with E-state index in [9.17, 15) is 4.79 Å². The Hall–Kier alpha value is -1.35. The van der Waals surface area contributed by atoms with Crippen LogP contribution in [0.25, 0.3) is 0 Å². The van der Waals surface area contributed by atoms with Crippen LogP contribution in [0.15, 0.2) is 30.3 Å². The van der Waals surface area contributed by atoms with E-state index in [2.05, 4.69) is 40.5 Å². The third-order valence-corrected chi connectivity index (χ3v) is 4.69. The average Bonchev–Trinajstić information content (AvgIpc) is 2.56. The Balaban J connectivity index is 1.54. The molecule has 1 amide bonds. The zero-order valence-electron chi connectivity index (χ0n) is 12.1. The summed E-state index contributed by atoms with van der Waals surface area (Å²) in [6.07, 6.45) is 5.60. The van der Waals surface area contributed by atoms with E-state index in [1.54, 1.807) is 0 Å². The van der Waals surface area contributed by atoms with Crippen molar-refractivity contribution >= 4 is 5.91 Å². The lowest BCUT2D eigenvalue weighted by atomic mass is 9.89. The van der Waals surface area contributed by atoms with Gasteiger partial charge in [-0.15, -0.1) is 0 Å². The minimum atomic E-state index is 0.0806. The summed E-state index contributed by atoms with van der Waals surface area (Å²) >= 11 is 0. The first-order valence-corrected chi connectivity index (χ1v) is 7.92. The molecule has 0 aromatic heterocycles. The number of carbonyl (C=O) groups excluding carboxylic acids is 1. The molecule has 2 fully saturated rings. The van der Waals surface area contributed by atoms with Gasteiger partial charge in [-0.05, 0) is 43.7 Å². The van der Waals surface area contributed by atoms with Crippen molar-refractivity contribution in [2.45, 2.75) is 44.1 Å². The molecule has 3 heteroatoms. The Labute approximate surface area is 121 Å². The molecular weight excluding hydrogens is 248 g/mol. The quantitative estimate of drug-likeness (QED) is 0.897. The molecule has 0 bridgehead atoms. The number of hydrogen-bond acceptors (Lipinski definition) is 2. The van der Waals surface area contributed by atoms with Crippen LogP contribution in [-0.4, -0.2) is 36.5 Å². The number of piperidine rings is 2. The van der Waals surface area contributed by atoms with Crippen LogP contribution in [0.2, 0.25) is 0 Å². The third-order valence-electron chi connectivity index (χ3n) is 4.69. The molecule has 0 spiro atoms. The van der Waals surface area contributed by atoms with Crippen molar-refractivity contribution < 1.29 is 4.79 Å². The van der Waals surface area contributed by atoms with E-state index >= 15 is 0 Å². The van der Waals surface area contributed by atoms with Gasteiger partial charge in [0.05, 0.1) is 6.04 Å². The van der Waals surface area contributed by atoms with Crippen molar-refractivity contribution in [1.82, 2.24) is 10.2 Å². The second-order valence-electron chi connectivity index (χ2n) is 6.01. The molecule has 0 saturated carbocycles. The topological polar surface area (TPSA) is 32.3 Å². The molecule has 1 aromatic carbocycles. The van der Waals surface area contributed by atoms with E-state index in [-0.39, 0.29) is 6.04 Å². The minimum Gasteiger partial charge on any atom is -0.341 e. The molecular formula is C17H24N2O. The van der Waals surface area contributed by atoms with Gasteiger partial charge in [0, 0.05) is 13.1 Å². The number of amides is 1. The Morgan fingerprint density at radius 3 is 2.45 bits per heavy atom. The summed E-state index contributed by atoms with van der Waals surface area (Å²) < 4.78 is 0. The zero-order valence-corrected chi connectivity index (χ0v) is 12.1. The van der Waals surface area contributed by atoms with Crippen LogP contribution < -0.4 is 5.32 Å². The molecule has 3 rings (SSSR count). The maximum atomic E-state index is 12.5. The first kappa shape index (κ1) is 13.6. The van der Waals surface area contributed by atoms with Gasteiger partial charge in [0.15, 0.2) is 0 Å². The molecule has 3 nitrogen and oxygen atoms in total. The summed E-state index contributed by atoms with van der Waals surface area (Å²) in [5.41, 5.74) is 1.43. The fraction of sp³-hybridized carbons (Fsp3) is 0.588. The number of hydrogen-bond donors (Lipinski definition) is 1. The highest BCUT2D eigenvalue weighted by Crippen LogP contribution is 2.28. The van der Waals surface area contributed by atoms with Crippen LogP contribution in [0.3, 0.4) is 0 Å². The van der Waals surface area contributed by atoms with Crippen LogP contribution in [0.1, 0.15) is 43.6 Å². The molecule has 108 valence electrons. The van der Waals surface area contributed by atoms with Crippen molar-refractivity contribution in [3.8, 4) is 0 Å². The Morgan fingerprint density at radius 2 is 1.80 bits per heavy atom. The summed E-state index contributed by atoms with van der Waals surface area (Å²) in [5.74, 6) is 0.954. The van der Waals surface area contributed by atoms with E-state index in [0.29, 0.717) is 11.8 Å². The lowest BCUT2D eigenvalue weighted by Gasteiger charge is -2.35. The van der Waals surface area contributed by atoms with Crippen LogP contribution >= 0.6 is 0 Å². The predicted molar refractivity (Wildman–Crippen MR) is 80.6 cm³/mol. The van der Waals surface area contributed by atoms with Crippen molar-refractivity contribution in [3.05, 3.63) is 35.9 Å². The number of nitrogens with one attached hydrogen (secondary N) is 1. The smallest absolute Gasteiger partial charge is 0.239 e. The molecule has 2 aliphatic heterocycles. The van der Waals surface area contributed by atoms with Gasteiger partial charge in [0.2, 0.25) is 5.91 Å². The molecule has 1 atom stereocenters. The molecule has 1 N–H and O–H groups in total. The standard InChI is InChI=1S/C17H24N2O/c20-17(16-8-4-5-11-18-16)19-12-9-15(10-13-19)14-6-2-1-3-7-14/h1-3,6-7,15-16,18H,4-5,8-13H2/t16-/m1/s1. The van der Waals surface area contributed by atoms with Gasteiger partial charge in [-0.1, -0.05) is 36.8 Å². The average molecular weight is 272 g/mol. The van der Waals surface area contributed by atoms with E-state index < -0.39 is 0 Å². The fourth-order valence-electron chi connectivity index (χ4n) is 3.44. The first-order valence-electron chi connectivity index (χ1n) is 7.92. The van der Waals surface area contributed by atoms with Gasteiger partial charge in [0.25, 0.3) is 0 Å². The highest BCUT2D eigenvalue weighted by atomic mass is 16.2. The largest absolute Gasteiger partial charge is 0.341 e. The van der Waals surface area contributed by atoms with E-state index in [1.807, 2.05) is 0 Å². The van der Waals surface area contributed by atoms with Crippen LogP contribution in [-0.2, 0) is 4.79 Å². The lowest BCUT2D eigenvalue weighted by Crippen LogP contribution is -2.50. The van der Waals surface area contributed by atoms with Gasteiger partial charge >= 0.3 is 0 Å². The maximum absolute atomic E-state index is 12.5. The summed E-state index contributed by atoms with van der Waals surface area (Å²) in [5, 5.41) is 3.37. The normalized spacial score (nSPS) is 24.6. The molecule has 0 aliphatic carbocycles. The molecule has 0 unspecified atom stereocenters. The highest BCUT2D eigenvalue weighted by molar-refractivity contribution is 5.82. The van der Waals surface area contributed by atoms with Gasteiger partial charge in [-0.3, -0.25) is 4.79 Å². The van der Waals surface area contributed by atoms with Crippen molar-refractivity contribution in [1.29, 1.82) is 0 Å². The number of benzene rings is 1. The van der Waals surface area contributed by atoms with Crippen molar-refractivity contribution in [2.75, 3.05) is 19.6 Å². The fourth-order valence-corrected chi connectivity index (χ4v) is 3.44. The maximum Gasteiger partial charge on any atom is 0.239 e. The number of likely N-dealkylation sites (tertiary alicyclic amines) is 1. The first-order chi connectivity index (χ1) is 9.84. The summed E-state index contributed by atoms with van der Waals surface area (Å²) in [6, 6.07) is 10.8. The lowest BCUT2D eigenvalue weighted by molar-refractivity contribution is -0.135. The summed E-state index contributed by atoms with van der Waals surface area (Å²) in [6.45, 7) is 2.82. The number of rotatable bonds is 2. The molecule has 0 radical (unpaired) electrons. The van der Waals surface area contributed by atoms with Crippen molar-refractivity contribution in [2.24, 2.45) is 0 Å². The van der Waals surface area contributed by atoms with E-state index in [1.165, 1.54) is 18.4 Å². The predicted octanol–water partition coefficient (Wildman–Crippen LogP) is 2.53. The Kier molecular flexibility index (Phi) is 4.36. The summed E-state index contributed by atoms with van der Waals surface area (Å²) in [7, 11) is 0. The van der Waals surface area contributed by atoms with Gasteiger partial charge in [-0.25, -0.2) is 0 Å². The SMILES string of the molecule is O=C([C@H]1CCCCN1)N1CCC(c2ccccc2)CC1. The van der Waals surface area contributed by atoms with Crippen LogP contribution in [0.4, 0.5) is 0 Å². The van der Waals surface area contributed by atoms with Crippen LogP contribution in [0.5, 0.6) is 0 Å². The molecule has 2 saturated heterocycles. The monoisotopic (exact) mass is 272 g/mol. The Morgan fingerprint density at radius 1 is 1.05 bits per heavy atom. The second-order valence-corrected chi connectivity index (χ2v) is 6.01. The zero-order chi connectivity index (χ0) is 13.8. The highest BCUT2D eigenvalue weighted by Gasteiger charge is 2.29. The van der Waals surface area contributed by atoms with E-state index in [0.717, 1.165) is 38.9 Å². The third kappa shape index (κ3) is 3.04. The molecule has 20 heavy (non-hydrogen) atoms. The summed E-state index contributed by atoms with van der Waals surface area (Å²) in [4.78, 5) is 14.5. The number of carbonyl (C=O) groups is 1. The second kappa shape index (κ2) is 6.40. The molecule has 2 heterocycles. The Bertz CT molecular complexity index is 432. The van der Waals surface area contributed by atoms with Gasteiger partial charge in [-0.2, -0.15) is 0 Å². The molecule has 2 aliphatic rings. The molecule has 1 aromatic rings. The van der Waals surface area contributed by atoms with Gasteiger partial charge < -0.3 is 10.2 Å². The van der Waals surface area contributed by atoms with Gasteiger partial charge in [0.1, 0.15) is 0 Å². The van der Waals surface area contributed by atoms with Crippen molar-refractivity contribution in [3.63, 3.8) is 0 Å². The van der Waals surface area contributed by atoms with Crippen LogP contribution in [0, 0.1) is 0 Å².